The van der Waals surface area contributed by atoms with Crippen molar-refractivity contribution < 1.29 is 9.21 Å². The van der Waals surface area contributed by atoms with Gasteiger partial charge in [-0.05, 0) is 25.8 Å². The van der Waals surface area contributed by atoms with Crippen molar-refractivity contribution in [3.63, 3.8) is 0 Å². The summed E-state index contributed by atoms with van der Waals surface area (Å²) >= 11 is 3.31. The molecule has 0 spiro atoms. The van der Waals surface area contributed by atoms with Gasteiger partial charge in [-0.25, -0.2) is 4.98 Å². The Labute approximate surface area is 148 Å². The average molecular weight is 358 g/mol. The number of hydrogen-bond donors (Lipinski definition) is 0. The van der Waals surface area contributed by atoms with Gasteiger partial charge in [0, 0.05) is 40.9 Å². The smallest absolute Gasteiger partial charge is 0.289 e. The third-order valence-corrected chi connectivity index (χ3v) is 6.39. The first-order valence-electron chi connectivity index (χ1n) is 8.07. The minimum absolute atomic E-state index is 0.0228. The minimum atomic E-state index is 0.0228. The number of thiazole rings is 1. The Morgan fingerprint density at radius 3 is 2.88 bits per heavy atom. The Kier molecular flexibility index (Phi) is 4.33. The minimum Gasteiger partial charge on any atom is -0.451 e. The summed E-state index contributed by atoms with van der Waals surface area (Å²) in [4.78, 5) is 19.3. The van der Waals surface area contributed by atoms with E-state index in [-0.39, 0.29) is 5.91 Å². The second-order valence-corrected chi connectivity index (χ2v) is 8.03. The molecule has 1 amide bonds. The lowest BCUT2D eigenvalue weighted by Crippen LogP contribution is -2.27. The third-order valence-electron chi connectivity index (χ3n) is 4.22. The number of likely N-dealkylation sites (tertiary alicyclic amines) is 1. The van der Waals surface area contributed by atoms with Crippen LogP contribution in [0, 0.1) is 6.92 Å². The van der Waals surface area contributed by atoms with E-state index < -0.39 is 0 Å². The Bertz CT molecular complexity index is 878. The molecule has 0 aliphatic carbocycles. The zero-order valence-electron chi connectivity index (χ0n) is 13.4. The number of amides is 1. The van der Waals surface area contributed by atoms with Crippen LogP contribution in [0.1, 0.15) is 34.7 Å². The maximum atomic E-state index is 12.9. The fourth-order valence-electron chi connectivity index (χ4n) is 3.01. The van der Waals surface area contributed by atoms with Crippen LogP contribution >= 0.6 is 23.1 Å². The number of aryl methyl sites for hydroxylation is 1. The lowest BCUT2D eigenvalue weighted by Gasteiger charge is -2.14. The van der Waals surface area contributed by atoms with Crippen LogP contribution in [-0.2, 0) is 5.75 Å². The van der Waals surface area contributed by atoms with Crippen LogP contribution in [0.4, 0.5) is 0 Å². The molecule has 6 heteroatoms. The number of benzene rings is 1. The molecular formula is C18H18N2O2S2. The lowest BCUT2D eigenvalue weighted by atomic mass is 10.1. The predicted octanol–water partition coefficient (Wildman–Crippen LogP) is 4.73. The Morgan fingerprint density at radius 2 is 2.12 bits per heavy atom. The van der Waals surface area contributed by atoms with Crippen molar-refractivity contribution >= 4 is 40.0 Å². The van der Waals surface area contributed by atoms with Crippen molar-refractivity contribution in [3.05, 3.63) is 46.7 Å². The molecule has 0 bridgehead atoms. The van der Waals surface area contributed by atoms with Gasteiger partial charge in [0.1, 0.15) is 9.92 Å². The number of hydrogen-bond acceptors (Lipinski definition) is 5. The second-order valence-electron chi connectivity index (χ2n) is 5.95. The molecule has 1 fully saturated rings. The number of fused-ring (bicyclic) bond motifs is 1. The summed E-state index contributed by atoms with van der Waals surface area (Å²) in [6, 6.07) is 7.89. The first-order chi connectivity index (χ1) is 11.7. The zero-order valence-corrected chi connectivity index (χ0v) is 15.1. The number of para-hydroxylation sites is 1. The van der Waals surface area contributed by atoms with E-state index in [1.165, 1.54) is 0 Å². The summed E-state index contributed by atoms with van der Waals surface area (Å²) in [7, 11) is 0. The Morgan fingerprint density at radius 1 is 1.33 bits per heavy atom. The highest BCUT2D eigenvalue weighted by atomic mass is 32.2. The largest absolute Gasteiger partial charge is 0.451 e. The van der Waals surface area contributed by atoms with E-state index in [4.69, 9.17) is 4.42 Å². The molecule has 3 heterocycles. The SMILES string of the molecule is Cc1csc(SCc2c(C(=O)N3CCCC3)oc3ccccc23)n1. The highest BCUT2D eigenvalue weighted by Crippen LogP contribution is 2.34. The summed E-state index contributed by atoms with van der Waals surface area (Å²) in [6.07, 6.45) is 2.16. The van der Waals surface area contributed by atoms with Crippen LogP contribution in [0.3, 0.4) is 0 Å². The fourth-order valence-corrected chi connectivity index (χ4v) is 4.89. The molecule has 0 unspecified atom stereocenters. The molecule has 1 saturated heterocycles. The van der Waals surface area contributed by atoms with E-state index in [1.54, 1.807) is 23.1 Å². The summed E-state index contributed by atoms with van der Waals surface area (Å²) in [5, 5.41) is 3.08. The quantitative estimate of drug-likeness (QED) is 0.633. The van der Waals surface area contributed by atoms with Gasteiger partial charge in [0.05, 0.1) is 0 Å². The molecule has 3 aromatic rings. The number of thioether (sulfide) groups is 1. The third kappa shape index (κ3) is 2.96. The van der Waals surface area contributed by atoms with Gasteiger partial charge in [0.15, 0.2) is 5.76 Å². The van der Waals surface area contributed by atoms with Crippen molar-refractivity contribution in [1.29, 1.82) is 0 Å². The maximum absolute atomic E-state index is 12.9. The molecule has 0 radical (unpaired) electrons. The van der Waals surface area contributed by atoms with Crippen LogP contribution in [-0.4, -0.2) is 28.9 Å². The highest BCUT2D eigenvalue weighted by Gasteiger charge is 2.27. The van der Waals surface area contributed by atoms with Crippen LogP contribution < -0.4 is 0 Å². The number of rotatable bonds is 4. The van der Waals surface area contributed by atoms with Gasteiger partial charge in [0.2, 0.25) is 0 Å². The summed E-state index contributed by atoms with van der Waals surface area (Å²) < 4.78 is 6.97. The van der Waals surface area contributed by atoms with Gasteiger partial charge in [0.25, 0.3) is 5.91 Å². The molecule has 1 aromatic carbocycles. The molecular weight excluding hydrogens is 340 g/mol. The normalized spacial score (nSPS) is 14.6. The number of aromatic nitrogens is 1. The van der Waals surface area contributed by atoms with Crippen LogP contribution in [0.2, 0.25) is 0 Å². The molecule has 4 rings (SSSR count). The molecule has 1 aliphatic rings. The van der Waals surface area contributed by atoms with Crippen molar-refractivity contribution in [2.24, 2.45) is 0 Å². The summed E-state index contributed by atoms with van der Waals surface area (Å²) in [5.41, 5.74) is 2.80. The van der Waals surface area contributed by atoms with Gasteiger partial charge in [-0.2, -0.15) is 0 Å². The molecule has 0 saturated carbocycles. The fraction of sp³-hybridized carbons (Fsp3) is 0.333. The van der Waals surface area contributed by atoms with Crippen molar-refractivity contribution in [1.82, 2.24) is 9.88 Å². The van der Waals surface area contributed by atoms with Crippen LogP contribution in [0.15, 0.2) is 38.4 Å². The number of carbonyl (C=O) groups excluding carboxylic acids is 1. The van der Waals surface area contributed by atoms with Gasteiger partial charge >= 0.3 is 0 Å². The van der Waals surface area contributed by atoms with Crippen molar-refractivity contribution in [2.75, 3.05) is 13.1 Å². The molecule has 2 aromatic heterocycles. The van der Waals surface area contributed by atoms with Crippen molar-refractivity contribution in [2.45, 2.75) is 29.9 Å². The summed E-state index contributed by atoms with van der Waals surface area (Å²) in [6.45, 7) is 3.65. The van der Waals surface area contributed by atoms with Gasteiger partial charge < -0.3 is 9.32 Å². The molecule has 1 aliphatic heterocycles. The first kappa shape index (κ1) is 15.7. The lowest BCUT2D eigenvalue weighted by molar-refractivity contribution is 0.0762. The van der Waals surface area contributed by atoms with E-state index in [0.29, 0.717) is 11.5 Å². The number of carbonyl (C=O) groups is 1. The van der Waals surface area contributed by atoms with Crippen LogP contribution in [0.5, 0.6) is 0 Å². The zero-order chi connectivity index (χ0) is 16.5. The van der Waals surface area contributed by atoms with E-state index in [9.17, 15) is 4.79 Å². The van der Waals surface area contributed by atoms with E-state index >= 15 is 0 Å². The van der Waals surface area contributed by atoms with E-state index in [1.807, 2.05) is 41.5 Å². The molecule has 24 heavy (non-hydrogen) atoms. The van der Waals surface area contributed by atoms with Gasteiger partial charge in [-0.15, -0.1) is 11.3 Å². The van der Waals surface area contributed by atoms with Gasteiger partial charge in [-0.3, -0.25) is 4.79 Å². The van der Waals surface area contributed by atoms with Gasteiger partial charge in [-0.1, -0.05) is 30.0 Å². The highest BCUT2D eigenvalue weighted by molar-refractivity contribution is 8.00. The van der Waals surface area contributed by atoms with E-state index in [0.717, 1.165) is 52.5 Å². The van der Waals surface area contributed by atoms with Crippen molar-refractivity contribution in [3.8, 4) is 0 Å². The number of furan rings is 1. The Hall–Kier alpha value is -1.79. The molecule has 124 valence electrons. The predicted molar refractivity (Wildman–Crippen MR) is 97.8 cm³/mol. The van der Waals surface area contributed by atoms with E-state index in [2.05, 4.69) is 4.98 Å². The van der Waals surface area contributed by atoms with Crippen LogP contribution in [0.25, 0.3) is 11.0 Å². The molecule has 0 atom stereocenters. The summed E-state index contributed by atoms with van der Waals surface area (Å²) in [5.74, 6) is 1.22. The monoisotopic (exact) mass is 358 g/mol. The Balaban J connectivity index is 1.68. The standard InChI is InChI=1S/C18H18N2O2S2/c1-12-10-23-18(19-12)24-11-14-13-6-2-3-7-15(13)22-16(14)17(21)20-8-4-5-9-20/h2-3,6-7,10H,4-5,8-9,11H2,1H3. The molecule has 4 nitrogen and oxygen atoms in total. The maximum Gasteiger partial charge on any atom is 0.289 e. The number of nitrogens with zero attached hydrogens (tertiary/aromatic N) is 2. The first-order valence-corrected chi connectivity index (χ1v) is 9.93. The molecule has 0 N–H and O–H groups in total. The average Bonchev–Trinajstić information content (AvgIpc) is 3.32. The topological polar surface area (TPSA) is 46.3 Å². The second kappa shape index (κ2) is 6.61.